The molecule has 1 aromatic heterocycles. The molecule has 2 heterocycles. The highest BCUT2D eigenvalue weighted by molar-refractivity contribution is 6.34. The number of oxime groups is 1. The zero-order chi connectivity index (χ0) is 18.0. The molecule has 1 unspecified atom stereocenters. The molecule has 1 aromatic carbocycles. The third kappa shape index (κ3) is 4.16. The Kier molecular flexibility index (Phi) is 5.06. The van der Waals surface area contributed by atoms with Crippen molar-refractivity contribution in [1.82, 2.24) is 4.98 Å². The topological polar surface area (TPSA) is 46.5 Å². The number of aromatic nitrogens is 1. The number of rotatable bonds is 4. The van der Waals surface area contributed by atoms with E-state index in [1.807, 2.05) is 18.2 Å². The number of benzene rings is 1. The first-order valence-corrected chi connectivity index (χ1v) is 8.04. The third-order valence-corrected chi connectivity index (χ3v) is 4.20. The summed E-state index contributed by atoms with van der Waals surface area (Å²) in [5, 5.41) is 7.36. The Morgan fingerprint density at radius 2 is 1.96 bits per heavy atom. The van der Waals surface area contributed by atoms with Gasteiger partial charge >= 0.3 is 6.18 Å². The molecule has 0 radical (unpaired) electrons. The Labute approximate surface area is 151 Å². The standard InChI is InChI=1S/C16H12Cl2F3N3O/c17-12-4-2-1-3-11(12)14-6-10(25-24-14)8-23-15-13(18)5-9(7-22-15)16(19,20)21/h1-5,7,10H,6,8H2,(H,22,23). The van der Waals surface area contributed by atoms with E-state index in [4.69, 9.17) is 28.0 Å². The van der Waals surface area contributed by atoms with Gasteiger partial charge in [-0.15, -0.1) is 0 Å². The van der Waals surface area contributed by atoms with Crippen molar-refractivity contribution in [2.45, 2.75) is 18.7 Å². The number of nitrogens with zero attached hydrogens (tertiary/aromatic N) is 2. The first-order chi connectivity index (χ1) is 11.8. The summed E-state index contributed by atoms with van der Waals surface area (Å²) in [6, 6.07) is 8.10. The van der Waals surface area contributed by atoms with Gasteiger partial charge in [-0.1, -0.05) is 46.6 Å². The second-order valence-electron chi connectivity index (χ2n) is 5.38. The Bertz CT molecular complexity index is 811. The average Bonchev–Trinajstić information content (AvgIpc) is 3.02. The molecule has 25 heavy (non-hydrogen) atoms. The Hall–Kier alpha value is -1.99. The van der Waals surface area contributed by atoms with Crippen LogP contribution in [0.4, 0.5) is 19.0 Å². The quantitative estimate of drug-likeness (QED) is 0.798. The summed E-state index contributed by atoms with van der Waals surface area (Å²) in [5.74, 6) is 0.157. The summed E-state index contributed by atoms with van der Waals surface area (Å²) < 4.78 is 37.8. The fourth-order valence-electron chi connectivity index (χ4n) is 2.33. The monoisotopic (exact) mass is 389 g/mol. The molecule has 0 amide bonds. The first kappa shape index (κ1) is 17.8. The molecule has 3 rings (SSSR count). The van der Waals surface area contributed by atoms with Crippen molar-refractivity contribution in [2.24, 2.45) is 5.16 Å². The summed E-state index contributed by atoms with van der Waals surface area (Å²) in [4.78, 5) is 9.05. The van der Waals surface area contributed by atoms with Crippen molar-refractivity contribution in [3.05, 3.63) is 57.7 Å². The number of nitrogens with one attached hydrogen (secondary N) is 1. The van der Waals surface area contributed by atoms with E-state index in [0.717, 1.165) is 17.8 Å². The van der Waals surface area contributed by atoms with Crippen molar-refractivity contribution in [2.75, 3.05) is 11.9 Å². The van der Waals surface area contributed by atoms with Crippen LogP contribution >= 0.6 is 23.2 Å². The van der Waals surface area contributed by atoms with Crippen LogP contribution in [0.3, 0.4) is 0 Å². The Balaban J connectivity index is 1.60. The van der Waals surface area contributed by atoms with Gasteiger partial charge in [0.25, 0.3) is 0 Å². The highest BCUT2D eigenvalue weighted by Gasteiger charge is 2.31. The Morgan fingerprint density at radius 1 is 1.20 bits per heavy atom. The molecule has 9 heteroatoms. The van der Waals surface area contributed by atoms with Crippen LogP contribution in [0.25, 0.3) is 0 Å². The molecule has 1 N–H and O–H groups in total. The zero-order valence-corrected chi connectivity index (χ0v) is 14.2. The van der Waals surface area contributed by atoms with E-state index in [2.05, 4.69) is 15.5 Å². The SMILES string of the molecule is FC(F)(F)c1cnc(NCC2CC(c3ccccc3Cl)=NO2)c(Cl)c1. The molecule has 0 bridgehead atoms. The maximum atomic E-state index is 12.6. The van der Waals surface area contributed by atoms with Gasteiger partial charge in [-0.25, -0.2) is 4.98 Å². The van der Waals surface area contributed by atoms with Crippen molar-refractivity contribution in [3.8, 4) is 0 Å². The number of pyridine rings is 1. The lowest BCUT2D eigenvalue weighted by Crippen LogP contribution is -2.21. The number of hydrogen-bond acceptors (Lipinski definition) is 4. The second kappa shape index (κ2) is 7.09. The maximum absolute atomic E-state index is 12.6. The van der Waals surface area contributed by atoms with Crippen molar-refractivity contribution < 1.29 is 18.0 Å². The molecule has 4 nitrogen and oxygen atoms in total. The van der Waals surface area contributed by atoms with Crippen LogP contribution < -0.4 is 5.32 Å². The molecule has 132 valence electrons. The van der Waals surface area contributed by atoms with Gasteiger partial charge < -0.3 is 10.2 Å². The minimum absolute atomic E-state index is 0.111. The van der Waals surface area contributed by atoms with E-state index in [0.29, 0.717) is 17.2 Å². The molecule has 0 saturated heterocycles. The molecule has 0 aliphatic carbocycles. The van der Waals surface area contributed by atoms with Crippen LogP contribution in [-0.2, 0) is 11.0 Å². The molecule has 1 aliphatic heterocycles. The third-order valence-electron chi connectivity index (χ3n) is 3.58. The number of halogens is 5. The number of anilines is 1. The van der Waals surface area contributed by atoms with Gasteiger partial charge in [0.1, 0.15) is 11.9 Å². The summed E-state index contributed by atoms with van der Waals surface area (Å²) in [5.41, 5.74) is 0.603. The van der Waals surface area contributed by atoms with Gasteiger partial charge in [-0.05, 0) is 12.1 Å². The van der Waals surface area contributed by atoms with Crippen LogP contribution in [-0.4, -0.2) is 23.3 Å². The van der Waals surface area contributed by atoms with Gasteiger partial charge in [-0.3, -0.25) is 0 Å². The van der Waals surface area contributed by atoms with Crippen molar-refractivity contribution in [1.29, 1.82) is 0 Å². The van der Waals surface area contributed by atoms with Crippen LogP contribution in [0.5, 0.6) is 0 Å². The fourth-order valence-corrected chi connectivity index (χ4v) is 2.80. The first-order valence-electron chi connectivity index (χ1n) is 7.29. The van der Waals surface area contributed by atoms with Crippen molar-refractivity contribution >= 4 is 34.7 Å². The minimum Gasteiger partial charge on any atom is -0.390 e. The lowest BCUT2D eigenvalue weighted by molar-refractivity contribution is -0.137. The summed E-state index contributed by atoms with van der Waals surface area (Å²) in [6.45, 7) is 0.287. The zero-order valence-electron chi connectivity index (χ0n) is 12.6. The normalized spacial score (nSPS) is 17.2. The van der Waals surface area contributed by atoms with Crippen LogP contribution in [0.15, 0.2) is 41.7 Å². The second-order valence-corrected chi connectivity index (χ2v) is 6.20. The van der Waals surface area contributed by atoms with Gasteiger partial charge in [0.05, 0.1) is 22.8 Å². The lowest BCUT2D eigenvalue weighted by Gasteiger charge is -2.13. The molecule has 0 spiro atoms. The predicted molar refractivity (Wildman–Crippen MR) is 90.2 cm³/mol. The van der Waals surface area contributed by atoms with E-state index >= 15 is 0 Å². The number of hydrogen-bond donors (Lipinski definition) is 1. The van der Waals surface area contributed by atoms with Gasteiger partial charge in [0.2, 0.25) is 0 Å². The Morgan fingerprint density at radius 3 is 2.64 bits per heavy atom. The van der Waals surface area contributed by atoms with E-state index in [1.165, 1.54) is 0 Å². The molecule has 2 aromatic rings. The minimum atomic E-state index is -4.48. The summed E-state index contributed by atoms with van der Waals surface area (Å²) in [6.07, 6.45) is -3.54. The van der Waals surface area contributed by atoms with Gasteiger partial charge in [0, 0.05) is 23.2 Å². The van der Waals surface area contributed by atoms with E-state index in [1.54, 1.807) is 6.07 Å². The molecular formula is C16H12Cl2F3N3O. The fraction of sp³-hybridized carbons (Fsp3) is 0.250. The van der Waals surface area contributed by atoms with Gasteiger partial charge in [0.15, 0.2) is 0 Å². The predicted octanol–water partition coefficient (Wildman–Crippen LogP) is 5.01. The highest BCUT2D eigenvalue weighted by Crippen LogP contribution is 2.32. The highest BCUT2D eigenvalue weighted by atomic mass is 35.5. The molecule has 0 fully saturated rings. The van der Waals surface area contributed by atoms with Crippen LogP contribution in [0, 0.1) is 0 Å². The average molecular weight is 390 g/mol. The smallest absolute Gasteiger partial charge is 0.390 e. The van der Waals surface area contributed by atoms with E-state index < -0.39 is 11.7 Å². The van der Waals surface area contributed by atoms with E-state index in [-0.39, 0.29) is 23.5 Å². The largest absolute Gasteiger partial charge is 0.417 e. The maximum Gasteiger partial charge on any atom is 0.417 e. The van der Waals surface area contributed by atoms with Crippen molar-refractivity contribution in [3.63, 3.8) is 0 Å². The van der Waals surface area contributed by atoms with Gasteiger partial charge in [-0.2, -0.15) is 13.2 Å². The molecule has 1 aliphatic rings. The molecule has 1 atom stereocenters. The summed E-state index contributed by atoms with van der Waals surface area (Å²) in [7, 11) is 0. The molecular weight excluding hydrogens is 378 g/mol. The van der Waals surface area contributed by atoms with Crippen LogP contribution in [0.1, 0.15) is 17.5 Å². The lowest BCUT2D eigenvalue weighted by atomic mass is 10.1. The molecule has 0 saturated carbocycles. The summed E-state index contributed by atoms with van der Waals surface area (Å²) >= 11 is 12.0. The van der Waals surface area contributed by atoms with Crippen LogP contribution in [0.2, 0.25) is 10.0 Å². The number of alkyl halides is 3. The van der Waals surface area contributed by atoms with E-state index in [9.17, 15) is 13.2 Å².